The number of aromatic nitrogens is 1. The number of sulfonamides is 1. The molecule has 1 amide bonds. The van der Waals surface area contributed by atoms with Crippen LogP contribution in [0.3, 0.4) is 0 Å². The average molecular weight is 503 g/mol. The molecule has 0 N–H and O–H groups in total. The zero-order valence-electron chi connectivity index (χ0n) is 21.5. The third kappa shape index (κ3) is 7.02. The standard InChI is InChI=1S/C26H38N4O4S/c1-20-16-21(2)26(22(3)17-20)35(32,33)29(5)14-15-34-19-25(31)28(4)18-23-8-12-30(13-9-23)24-6-10-27-11-7-24/h6-7,10-11,16-17,23H,8-9,12-15,18-19H2,1-5H3. The van der Waals surface area contributed by atoms with Crippen molar-refractivity contribution in [3.05, 3.63) is 53.3 Å². The van der Waals surface area contributed by atoms with Crippen LogP contribution in [0.25, 0.3) is 0 Å². The lowest BCUT2D eigenvalue weighted by Gasteiger charge is -2.35. The van der Waals surface area contributed by atoms with E-state index in [9.17, 15) is 13.2 Å². The number of hydrogen-bond acceptors (Lipinski definition) is 6. The highest BCUT2D eigenvalue weighted by molar-refractivity contribution is 7.89. The second-order valence-corrected chi connectivity index (χ2v) is 11.5. The Hall–Kier alpha value is -2.49. The minimum Gasteiger partial charge on any atom is -0.371 e. The molecule has 0 bridgehead atoms. The van der Waals surface area contributed by atoms with Gasteiger partial charge in [0.25, 0.3) is 0 Å². The fraction of sp³-hybridized carbons (Fsp3) is 0.538. The zero-order valence-corrected chi connectivity index (χ0v) is 22.3. The first-order valence-corrected chi connectivity index (χ1v) is 13.5. The molecular weight excluding hydrogens is 464 g/mol. The molecule has 2 aromatic rings. The third-order valence-corrected chi connectivity index (χ3v) is 8.81. The average Bonchev–Trinajstić information content (AvgIpc) is 2.81. The molecule has 1 saturated heterocycles. The van der Waals surface area contributed by atoms with Crippen LogP contribution < -0.4 is 4.90 Å². The van der Waals surface area contributed by atoms with Gasteiger partial charge in [-0.3, -0.25) is 9.78 Å². The Morgan fingerprint density at radius 2 is 1.69 bits per heavy atom. The lowest BCUT2D eigenvalue weighted by Crippen LogP contribution is -2.40. The van der Waals surface area contributed by atoms with Gasteiger partial charge in [0.15, 0.2) is 0 Å². The van der Waals surface area contributed by atoms with Crippen LogP contribution in [0, 0.1) is 26.7 Å². The number of likely N-dealkylation sites (N-methyl/N-ethyl adjacent to an activating group) is 2. The summed E-state index contributed by atoms with van der Waals surface area (Å²) in [6.45, 7) is 8.50. The minimum absolute atomic E-state index is 0.0527. The lowest BCUT2D eigenvalue weighted by atomic mass is 9.96. The smallest absolute Gasteiger partial charge is 0.248 e. The number of hydrogen-bond donors (Lipinski definition) is 0. The molecule has 1 aliphatic rings. The summed E-state index contributed by atoms with van der Waals surface area (Å²) in [5, 5.41) is 0. The van der Waals surface area contributed by atoms with Gasteiger partial charge in [-0.1, -0.05) is 17.7 Å². The first-order chi connectivity index (χ1) is 16.6. The van der Waals surface area contributed by atoms with Crippen LogP contribution in [0.15, 0.2) is 41.6 Å². The van der Waals surface area contributed by atoms with E-state index in [0.29, 0.717) is 17.4 Å². The summed E-state index contributed by atoms with van der Waals surface area (Å²) in [4.78, 5) is 21.0. The van der Waals surface area contributed by atoms with Crippen LogP contribution in [-0.2, 0) is 19.6 Å². The minimum atomic E-state index is -3.63. The van der Waals surface area contributed by atoms with E-state index in [1.807, 2.05) is 57.4 Å². The van der Waals surface area contributed by atoms with E-state index in [4.69, 9.17) is 4.74 Å². The molecule has 1 aromatic carbocycles. The van der Waals surface area contributed by atoms with Crippen LogP contribution in [0.1, 0.15) is 29.5 Å². The van der Waals surface area contributed by atoms with E-state index < -0.39 is 10.0 Å². The van der Waals surface area contributed by atoms with E-state index >= 15 is 0 Å². The molecule has 0 atom stereocenters. The number of benzene rings is 1. The number of piperidine rings is 1. The van der Waals surface area contributed by atoms with Crippen molar-refractivity contribution in [2.45, 2.75) is 38.5 Å². The lowest BCUT2D eigenvalue weighted by molar-refractivity contribution is -0.135. The van der Waals surface area contributed by atoms with Gasteiger partial charge in [-0.25, -0.2) is 8.42 Å². The maximum absolute atomic E-state index is 13.0. The third-order valence-electron chi connectivity index (χ3n) is 6.65. The highest BCUT2D eigenvalue weighted by atomic mass is 32.2. The second-order valence-electron chi connectivity index (χ2n) is 9.52. The number of rotatable bonds is 10. The number of carbonyl (C=O) groups excluding carboxylic acids is 1. The van der Waals surface area contributed by atoms with Gasteiger partial charge in [-0.15, -0.1) is 0 Å². The Labute approximate surface area is 209 Å². The number of aryl methyl sites for hydroxylation is 3. The van der Waals surface area contributed by atoms with Gasteiger partial charge in [0.1, 0.15) is 6.61 Å². The molecule has 3 rings (SSSR count). The molecule has 1 fully saturated rings. The van der Waals surface area contributed by atoms with Gasteiger partial charge < -0.3 is 14.5 Å². The van der Waals surface area contributed by atoms with Gasteiger partial charge in [0.05, 0.1) is 11.5 Å². The fourth-order valence-electron chi connectivity index (χ4n) is 4.73. The van der Waals surface area contributed by atoms with E-state index in [1.165, 1.54) is 9.99 Å². The Balaban J connectivity index is 1.40. The van der Waals surface area contributed by atoms with Crippen LogP contribution >= 0.6 is 0 Å². The monoisotopic (exact) mass is 502 g/mol. The number of anilines is 1. The molecule has 1 aliphatic heterocycles. The van der Waals surface area contributed by atoms with Crippen molar-refractivity contribution in [2.24, 2.45) is 5.92 Å². The second kappa shape index (κ2) is 12.0. The van der Waals surface area contributed by atoms with Crippen molar-refractivity contribution >= 4 is 21.6 Å². The fourth-order valence-corrected chi connectivity index (χ4v) is 6.29. The summed E-state index contributed by atoms with van der Waals surface area (Å²) < 4.78 is 32.9. The molecule has 0 radical (unpaired) electrons. The highest BCUT2D eigenvalue weighted by Gasteiger charge is 2.25. The highest BCUT2D eigenvalue weighted by Crippen LogP contribution is 2.25. The molecule has 1 aromatic heterocycles. The van der Waals surface area contributed by atoms with Crippen molar-refractivity contribution in [3.63, 3.8) is 0 Å². The molecule has 35 heavy (non-hydrogen) atoms. The molecule has 192 valence electrons. The van der Waals surface area contributed by atoms with Crippen molar-refractivity contribution in [1.29, 1.82) is 0 Å². The number of carbonyl (C=O) groups is 1. The molecule has 8 nitrogen and oxygen atoms in total. The zero-order chi connectivity index (χ0) is 25.6. The topological polar surface area (TPSA) is 83.0 Å². The van der Waals surface area contributed by atoms with Crippen molar-refractivity contribution in [2.75, 3.05) is 58.4 Å². The first kappa shape index (κ1) is 27.1. The van der Waals surface area contributed by atoms with E-state index in [2.05, 4.69) is 9.88 Å². The van der Waals surface area contributed by atoms with E-state index in [-0.39, 0.29) is 25.7 Å². The molecule has 9 heteroatoms. The summed E-state index contributed by atoms with van der Waals surface area (Å²) in [6.07, 6.45) is 5.68. The van der Waals surface area contributed by atoms with Gasteiger partial charge >= 0.3 is 0 Å². The van der Waals surface area contributed by atoms with Gasteiger partial charge in [0.2, 0.25) is 15.9 Å². The summed E-state index contributed by atoms with van der Waals surface area (Å²) in [5.74, 6) is 0.372. The maximum atomic E-state index is 13.0. The first-order valence-electron chi connectivity index (χ1n) is 12.1. The summed E-state index contributed by atoms with van der Waals surface area (Å²) in [7, 11) is -0.276. The molecule has 0 saturated carbocycles. The van der Waals surface area contributed by atoms with Crippen LogP contribution in [0.2, 0.25) is 0 Å². The molecular formula is C26H38N4O4S. The van der Waals surface area contributed by atoms with Crippen LogP contribution in [0.5, 0.6) is 0 Å². The Bertz CT molecular complexity index is 1080. The number of ether oxygens (including phenoxy) is 1. The summed E-state index contributed by atoms with van der Waals surface area (Å²) >= 11 is 0. The van der Waals surface area contributed by atoms with Gasteiger partial charge in [0, 0.05) is 58.4 Å². The predicted octanol–water partition coefficient (Wildman–Crippen LogP) is 3.02. The normalized spacial score (nSPS) is 15.0. The van der Waals surface area contributed by atoms with Crippen molar-refractivity contribution < 1.29 is 17.9 Å². The SMILES string of the molecule is Cc1cc(C)c(S(=O)(=O)N(C)CCOCC(=O)N(C)CC2CCN(c3ccncc3)CC2)c(C)c1. The molecule has 0 unspecified atom stereocenters. The van der Waals surface area contributed by atoms with Crippen molar-refractivity contribution in [1.82, 2.24) is 14.2 Å². The van der Waals surface area contributed by atoms with Crippen LogP contribution in [-0.4, -0.2) is 82.0 Å². The summed E-state index contributed by atoms with van der Waals surface area (Å²) in [5.41, 5.74) is 3.69. The van der Waals surface area contributed by atoms with Gasteiger partial charge in [-0.05, 0) is 62.8 Å². The van der Waals surface area contributed by atoms with E-state index in [1.54, 1.807) is 19.0 Å². The number of nitrogens with zero attached hydrogens (tertiary/aromatic N) is 4. The Morgan fingerprint density at radius 3 is 2.29 bits per heavy atom. The largest absolute Gasteiger partial charge is 0.371 e. The molecule has 2 heterocycles. The Morgan fingerprint density at radius 1 is 1.09 bits per heavy atom. The Kier molecular flexibility index (Phi) is 9.27. The molecule has 0 aliphatic carbocycles. The van der Waals surface area contributed by atoms with Crippen molar-refractivity contribution in [3.8, 4) is 0 Å². The molecule has 0 spiro atoms. The number of pyridine rings is 1. The van der Waals surface area contributed by atoms with Gasteiger partial charge in [-0.2, -0.15) is 4.31 Å². The maximum Gasteiger partial charge on any atom is 0.248 e. The predicted molar refractivity (Wildman–Crippen MR) is 138 cm³/mol. The summed E-state index contributed by atoms with van der Waals surface area (Å²) in [6, 6.07) is 7.81. The quantitative estimate of drug-likeness (QED) is 0.465. The van der Waals surface area contributed by atoms with Crippen LogP contribution in [0.4, 0.5) is 5.69 Å². The van der Waals surface area contributed by atoms with E-state index in [0.717, 1.165) is 42.6 Å². The number of amides is 1.